The SMILES string of the molecule is C[S@](=O)c1c(N)cccc1Cl. The highest BCUT2D eigenvalue weighted by Gasteiger charge is 2.06. The van der Waals surface area contributed by atoms with Gasteiger partial charge in [0.1, 0.15) is 0 Å². The van der Waals surface area contributed by atoms with E-state index in [9.17, 15) is 4.21 Å². The van der Waals surface area contributed by atoms with Crippen molar-refractivity contribution in [2.24, 2.45) is 0 Å². The first-order chi connectivity index (χ1) is 5.13. The molecule has 0 fully saturated rings. The zero-order valence-corrected chi connectivity index (χ0v) is 7.58. The van der Waals surface area contributed by atoms with Crippen LogP contribution in [0.15, 0.2) is 23.1 Å². The Balaban J connectivity index is 3.32. The van der Waals surface area contributed by atoms with Gasteiger partial charge in [-0.1, -0.05) is 17.7 Å². The zero-order chi connectivity index (χ0) is 8.43. The van der Waals surface area contributed by atoms with Crippen LogP contribution < -0.4 is 5.73 Å². The lowest BCUT2D eigenvalue weighted by molar-refractivity contribution is 0.687. The molecule has 0 aromatic heterocycles. The third-order valence-electron chi connectivity index (χ3n) is 1.28. The molecular weight excluding hydrogens is 182 g/mol. The second-order valence-electron chi connectivity index (χ2n) is 2.11. The molecule has 0 aliphatic carbocycles. The molecule has 1 aromatic rings. The number of nitrogens with two attached hydrogens (primary N) is 1. The monoisotopic (exact) mass is 189 g/mol. The quantitative estimate of drug-likeness (QED) is 0.683. The van der Waals surface area contributed by atoms with E-state index in [1.165, 1.54) is 0 Å². The van der Waals surface area contributed by atoms with Crippen LogP contribution in [0.4, 0.5) is 5.69 Å². The predicted octanol–water partition coefficient (Wildman–Crippen LogP) is 1.66. The minimum Gasteiger partial charge on any atom is -0.398 e. The Morgan fingerprint density at radius 2 is 2.18 bits per heavy atom. The molecule has 0 bridgehead atoms. The number of benzene rings is 1. The fourth-order valence-corrected chi connectivity index (χ4v) is 2.08. The Kier molecular flexibility index (Phi) is 2.52. The van der Waals surface area contributed by atoms with E-state index in [0.29, 0.717) is 15.6 Å². The summed E-state index contributed by atoms with van der Waals surface area (Å²) in [7, 11) is -1.11. The average Bonchev–Trinajstić information content (AvgIpc) is 1.85. The minimum absolute atomic E-state index is 0.464. The number of hydrogen-bond donors (Lipinski definition) is 1. The predicted molar refractivity (Wildman–Crippen MR) is 48.2 cm³/mol. The first-order valence-electron chi connectivity index (χ1n) is 3.00. The number of rotatable bonds is 1. The summed E-state index contributed by atoms with van der Waals surface area (Å²) >= 11 is 5.75. The highest BCUT2D eigenvalue weighted by Crippen LogP contribution is 2.24. The molecule has 0 saturated heterocycles. The lowest BCUT2D eigenvalue weighted by Crippen LogP contribution is -1.96. The van der Waals surface area contributed by atoms with E-state index in [1.807, 2.05) is 0 Å². The molecule has 1 aromatic carbocycles. The number of hydrogen-bond acceptors (Lipinski definition) is 2. The Bertz CT molecular complexity index is 280. The topological polar surface area (TPSA) is 43.1 Å². The van der Waals surface area contributed by atoms with Crippen LogP contribution in [0.3, 0.4) is 0 Å². The normalized spacial score (nSPS) is 12.9. The summed E-state index contributed by atoms with van der Waals surface area (Å²) in [4.78, 5) is 0.522. The third-order valence-corrected chi connectivity index (χ3v) is 2.74. The molecule has 0 aliphatic rings. The van der Waals surface area contributed by atoms with Crippen molar-refractivity contribution in [3.8, 4) is 0 Å². The highest BCUT2D eigenvalue weighted by molar-refractivity contribution is 7.84. The van der Waals surface area contributed by atoms with Gasteiger partial charge in [0.15, 0.2) is 0 Å². The van der Waals surface area contributed by atoms with Crippen LogP contribution in [-0.4, -0.2) is 10.5 Å². The minimum atomic E-state index is -1.11. The molecule has 0 aliphatic heterocycles. The van der Waals surface area contributed by atoms with Gasteiger partial charge in [-0.2, -0.15) is 0 Å². The summed E-state index contributed by atoms with van der Waals surface area (Å²) in [6.45, 7) is 0. The van der Waals surface area contributed by atoms with E-state index in [1.54, 1.807) is 24.5 Å². The van der Waals surface area contributed by atoms with Gasteiger partial charge in [-0.25, -0.2) is 0 Å². The van der Waals surface area contributed by atoms with Crippen LogP contribution in [0.1, 0.15) is 0 Å². The second-order valence-corrected chi connectivity index (χ2v) is 3.84. The van der Waals surface area contributed by atoms with Gasteiger partial charge in [-0.05, 0) is 12.1 Å². The van der Waals surface area contributed by atoms with Crippen LogP contribution >= 0.6 is 11.6 Å². The van der Waals surface area contributed by atoms with Gasteiger partial charge in [0.25, 0.3) is 0 Å². The molecule has 0 heterocycles. The van der Waals surface area contributed by atoms with Crippen LogP contribution in [-0.2, 0) is 10.8 Å². The van der Waals surface area contributed by atoms with Gasteiger partial charge < -0.3 is 5.73 Å². The van der Waals surface area contributed by atoms with E-state index in [2.05, 4.69) is 0 Å². The first kappa shape index (κ1) is 8.56. The lowest BCUT2D eigenvalue weighted by Gasteiger charge is -2.02. The molecule has 60 valence electrons. The highest BCUT2D eigenvalue weighted by atomic mass is 35.5. The molecule has 0 unspecified atom stereocenters. The summed E-state index contributed by atoms with van der Waals surface area (Å²) < 4.78 is 11.0. The van der Waals surface area contributed by atoms with E-state index >= 15 is 0 Å². The molecule has 2 N–H and O–H groups in total. The van der Waals surface area contributed by atoms with Crippen molar-refractivity contribution >= 4 is 28.1 Å². The fourth-order valence-electron chi connectivity index (χ4n) is 0.829. The molecule has 1 rings (SSSR count). The summed E-state index contributed by atoms with van der Waals surface area (Å²) in [5.41, 5.74) is 6.03. The molecule has 11 heavy (non-hydrogen) atoms. The van der Waals surface area contributed by atoms with Crippen LogP contribution in [0.25, 0.3) is 0 Å². The second kappa shape index (κ2) is 3.24. The van der Waals surface area contributed by atoms with Gasteiger partial charge in [0, 0.05) is 11.9 Å². The van der Waals surface area contributed by atoms with Crippen molar-refractivity contribution < 1.29 is 4.21 Å². The number of halogens is 1. The molecular formula is C7H8ClNOS. The van der Waals surface area contributed by atoms with Gasteiger partial charge in [-0.15, -0.1) is 0 Å². The largest absolute Gasteiger partial charge is 0.398 e. The zero-order valence-electron chi connectivity index (χ0n) is 6.00. The van der Waals surface area contributed by atoms with Crippen molar-refractivity contribution in [3.63, 3.8) is 0 Å². The average molecular weight is 190 g/mol. The van der Waals surface area contributed by atoms with Gasteiger partial charge >= 0.3 is 0 Å². The molecule has 4 heteroatoms. The summed E-state index contributed by atoms with van der Waals surface area (Å²) in [6.07, 6.45) is 1.55. The fraction of sp³-hybridized carbons (Fsp3) is 0.143. The maximum Gasteiger partial charge on any atom is 0.0800 e. The number of anilines is 1. The van der Waals surface area contributed by atoms with Crippen molar-refractivity contribution in [2.75, 3.05) is 12.0 Å². The molecule has 0 radical (unpaired) electrons. The Hall–Kier alpha value is -0.540. The van der Waals surface area contributed by atoms with Crippen LogP contribution in [0.5, 0.6) is 0 Å². The van der Waals surface area contributed by atoms with Crippen molar-refractivity contribution in [1.29, 1.82) is 0 Å². The Morgan fingerprint density at radius 3 is 2.55 bits per heavy atom. The molecule has 2 nitrogen and oxygen atoms in total. The number of nitrogen functional groups attached to an aromatic ring is 1. The van der Waals surface area contributed by atoms with Crippen molar-refractivity contribution in [2.45, 2.75) is 4.90 Å². The smallest absolute Gasteiger partial charge is 0.0800 e. The molecule has 0 amide bonds. The first-order valence-corrected chi connectivity index (χ1v) is 4.94. The maximum absolute atomic E-state index is 11.0. The maximum atomic E-state index is 11.0. The Morgan fingerprint density at radius 1 is 1.55 bits per heavy atom. The van der Waals surface area contributed by atoms with Gasteiger partial charge in [0.2, 0.25) is 0 Å². The Labute approximate surface area is 72.8 Å². The van der Waals surface area contributed by atoms with Gasteiger partial charge in [0.05, 0.1) is 20.7 Å². The van der Waals surface area contributed by atoms with Crippen LogP contribution in [0, 0.1) is 0 Å². The third kappa shape index (κ3) is 1.73. The molecule has 0 saturated carbocycles. The van der Waals surface area contributed by atoms with E-state index in [4.69, 9.17) is 17.3 Å². The summed E-state index contributed by atoms with van der Waals surface area (Å²) in [5.74, 6) is 0. The molecule has 1 atom stereocenters. The van der Waals surface area contributed by atoms with Gasteiger partial charge in [-0.3, -0.25) is 4.21 Å². The van der Waals surface area contributed by atoms with Crippen LogP contribution in [0.2, 0.25) is 5.02 Å². The van der Waals surface area contributed by atoms with Crippen molar-refractivity contribution in [3.05, 3.63) is 23.2 Å². The van der Waals surface area contributed by atoms with E-state index in [0.717, 1.165) is 0 Å². The molecule has 0 spiro atoms. The standard InChI is InChI=1S/C7H8ClNOS/c1-11(10)7-5(8)3-2-4-6(7)9/h2-4H,9H2,1H3/t11-/m0/s1. The van der Waals surface area contributed by atoms with E-state index < -0.39 is 10.8 Å². The summed E-state index contributed by atoms with van der Waals surface area (Å²) in [6, 6.07) is 5.09. The van der Waals surface area contributed by atoms with E-state index in [-0.39, 0.29) is 0 Å². The lowest BCUT2D eigenvalue weighted by atomic mass is 10.3. The summed E-state index contributed by atoms with van der Waals surface area (Å²) in [5, 5.41) is 0.464. The van der Waals surface area contributed by atoms with Crippen molar-refractivity contribution in [1.82, 2.24) is 0 Å².